The van der Waals surface area contributed by atoms with Gasteiger partial charge in [0.1, 0.15) is 5.60 Å². The lowest BCUT2D eigenvalue weighted by molar-refractivity contribution is 0.0274. The van der Waals surface area contributed by atoms with Crippen LogP contribution in [-0.2, 0) is 8.92 Å². The minimum absolute atomic E-state index is 0.163. The number of rotatable bonds is 4. The Labute approximate surface area is 126 Å². The van der Waals surface area contributed by atoms with Crippen LogP contribution in [0.5, 0.6) is 0 Å². The van der Waals surface area contributed by atoms with E-state index in [2.05, 4.69) is 4.90 Å². The quantitative estimate of drug-likeness (QED) is 0.587. The van der Waals surface area contributed by atoms with Crippen LogP contribution in [0.25, 0.3) is 0 Å². The number of fused-ring (bicyclic) bond motifs is 1. The highest BCUT2D eigenvalue weighted by Crippen LogP contribution is 2.31. The molecule has 2 heterocycles. The molecule has 0 aromatic carbocycles. The Morgan fingerprint density at radius 2 is 1.80 bits per heavy atom. The van der Waals surface area contributed by atoms with E-state index in [9.17, 15) is 4.79 Å². The summed E-state index contributed by atoms with van der Waals surface area (Å²) in [7, 11) is 0. The van der Waals surface area contributed by atoms with Gasteiger partial charge in [0, 0.05) is 39.0 Å². The van der Waals surface area contributed by atoms with Crippen molar-refractivity contribution < 1.29 is 13.7 Å². The first-order valence-corrected chi connectivity index (χ1v) is 8.40. The van der Waals surface area contributed by atoms with Gasteiger partial charge in [-0.1, -0.05) is 0 Å². The zero-order chi connectivity index (χ0) is 14.8. The summed E-state index contributed by atoms with van der Waals surface area (Å²) >= 11 is 1.42. The molecule has 0 saturated carbocycles. The van der Waals surface area contributed by atoms with Crippen molar-refractivity contribution >= 4 is 18.1 Å². The second-order valence-electron chi connectivity index (χ2n) is 6.65. The zero-order valence-corrected chi connectivity index (χ0v) is 13.7. The molecule has 1 amide bonds. The summed E-state index contributed by atoms with van der Waals surface area (Å²) < 4.78 is 10.8. The molecule has 20 heavy (non-hydrogen) atoms. The molecular formula is C14H26N2O3S. The number of hydrogen-bond acceptors (Lipinski definition) is 5. The molecule has 2 aliphatic rings. The van der Waals surface area contributed by atoms with E-state index < -0.39 is 5.60 Å². The fourth-order valence-corrected chi connectivity index (χ4v) is 3.24. The van der Waals surface area contributed by atoms with Crippen LogP contribution in [0, 0.1) is 11.8 Å². The van der Waals surface area contributed by atoms with E-state index in [0.29, 0.717) is 11.8 Å². The Balaban J connectivity index is 1.75. The third kappa shape index (κ3) is 4.27. The number of carbonyl (C=O) groups excluding carboxylic acids is 1. The number of ether oxygens (including phenoxy) is 1. The molecule has 6 heteroatoms. The van der Waals surface area contributed by atoms with Crippen LogP contribution in [0.3, 0.4) is 0 Å². The van der Waals surface area contributed by atoms with Crippen LogP contribution in [0.2, 0.25) is 0 Å². The molecule has 2 unspecified atom stereocenters. The van der Waals surface area contributed by atoms with Crippen LogP contribution in [0.4, 0.5) is 4.79 Å². The van der Waals surface area contributed by atoms with Crippen molar-refractivity contribution in [2.24, 2.45) is 11.8 Å². The van der Waals surface area contributed by atoms with Crippen molar-refractivity contribution in [2.45, 2.75) is 26.4 Å². The van der Waals surface area contributed by atoms with Gasteiger partial charge in [0.2, 0.25) is 0 Å². The van der Waals surface area contributed by atoms with Crippen molar-refractivity contribution in [3.63, 3.8) is 0 Å². The molecule has 116 valence electrons. The first-order valence-electron chi connectivity index (χ1n) is 7.25. The van der Waals surface area contributed by atoms with E-state index in [1.807, 2.05) is 31.9 Å². The highest BCUT2D eigenvalue weighted by Gasteiger charge is 2.42. The summed E-state index contributed by atoms with van der Waals surface area (Å²) in [5.74, 6) is 1.19. The zero-order valence-electron chi connectivity index (χ0n) is 12.9. The van der Waals surface area contributed by atoms with Crippen LogP contribution in [-0.4, -0.2) is 67.1 Å². The molecule has 2 atom stereocenters. The summed E-state index contributed by atoms with van der Waals surface area (Å²) in [5, 5.41) is 0. The van der Waals surface area contributed by atoms with Gasteiger partial charge in [-0.15, -0.1) is 0 Å². The predicted molar refractivity (Wildman–Crippen MR) is 80.7 cm³/mol. The number of likely N-dealkylation sites (tertiary alicyclic amines) is 2. The van der Waals surface area contributed by atoms with Gasteiger partial charge in [-0.25, -0.2) is 4.79 Å². The van der Waals surface area contributed by atoms with E-state index in [-0.39, 0.29) is 6.09 Å². The number of amides is 1. The van der Waals surface area contributed by atoms with Gasteiger partial charge in [0.15, 0.2) is 0 Å². The third-order valence-corrected chi connectivity index (χ3v) is 4.22. The summed E-state index contributed by atoms with van der Waals surface area (Å²) in [6, 6.07) is 0. The molecule has 5 nitrogen and oxygen atoms in total. The molecule has 2 fully saturated rings. The number of hydrogen-bond donors (Lipinski definition) is 0. The van der Waals surface area contributed by atoms with Gasteiger partial charge >= 0.3 is 6.09 Å². The van der Waals surface area contributed by atoms with Crippen LogP contribution in [0.1, 0.15) is 20.8 Å². The highest BCUT2D eigenvalue weighted by atomic mass is 32.2. The Hall–Kier alpha value is -0.460. The van der Waals surface area contributed by atoms with Gasteiger partial charge in [0.25, 0.3) is 0 Å². The maximum absolute atomic E-state index is 12.1. The van der Waals surface area contributed by atoms with E-state index in [1.54, 1.807) is 0 Å². The Morgan fingerprint density at radius 3 is 2.30 bits per heavy atom. The molecule has 0 spiro atoms. The second-order valence-corrected chi connectivity index (χ2v) is 7.22. The average molecular weight is 302 g/mol. The standard InChI is InChI=1S/C14H26N2O3S/c1-14(2,3)19-13(17)16-9-11-7-15(5-6-18-20-4)8-12(11)10-16/h11-12H,5-10H2,1-4H3. The smallest absolute Gasteiger partial charge is 0.410 e. The van der Waals surface area contributed by atoms with Gasteiger partial charge in [-0.3, -0.25) is 0 Å². The topological polar surface area (TPSA) is 42.0 Å². The Bertz CT molecular complexity index is 332. The Kier molecular flexibility index (Phi) is 5.20. The lowest BCUT2D eigenvalue weighted by Crippen LogP contribution is -2.37. The highest BCUT2D eigenvalue weighted by molar-refractivity contribution is 7.93. The first kappa shape index (κ1) is 15.9. The second kappa shape index (κ2) is 6.54. The van der Waals surface area contributed by atoms with Gasteiger partial charge in [0.05, 0.1) is 6.61 Å². The minimum Gasteiger partial charge on any atom is -0.444 e. The van der Waals surface area contributed by atoms with E-state index in [1.165, 1.54) is 12.0 Å². The van der Waals surface area contributed by atoms with Crippen LogP contribution < -0.4 is 0 Å². The van der Waals surface area contributed by atoms with Gasteiger partial charge in [-0.05, 0) is 44.6 Å². The molecule has 2 rings (SSSR count). The molecule has 0 aromatic heterocycles. The Morgan fingerprint density at radius 1 is 1.20 bits per heavy atom. The first-order chi connectivity index (χ1) is 9.39. The SMILES string of the molecule is CSOCCN1CC2CN(C(=O)OC(C)(C)C)CC2C1. The van der Waals surface area contributed by atoms with Crippen LogP contribution in [0.15, 0.2) is 0 Å². The van der Waals surface area contributed by atoms with Crippen molar-refractivity contribution in [1.29, 1.82) is 0 Å². The molecular weight excluding hydrogens is 276 g/mol. The molecule has 0 bridgehead atoms. The monoisotopic (exact) mass is 302 g/mol. The fourth-order valence-electron chi connectivity index (χ4n) is 3.00. The molecule has 0 aliphatic carbocycles. The van der Waals surface area contributed by atoms with Crippen LogP contribution >= 0.6 is 12.0 Å². The van der Waals surface area contributed by atoms with Crippen molar-refractivity contribution in [1.82, 2.24) is 9.80 Å². The van der Waals surface area contributed by atoms with Gasteiger partial charge < -0.3 is 18.7 Å². The molecule has 2 saturated heterocycles. The van der Waals surface area contributed by atoms with E-state index in [0.717, 1.165) is 39.3 Å². The minimum atomic E-state index is -0.407. The number of carbonyl (C=O) groups is 1. The molecule has 2 aliphatic heterocycles. The lowest BCUT2D eigenvalue weighted by atomic mass is 10.0. The summed E-state index contributed by atoms with van der Waals surface area (Å²) in [6.07, 6.45) is 1.78. The van der Waals surface area contributed by atoms with Gasteiger partial charge in [-0.2, -0.15) is 0 Å². The molecule has 0 aromatic rings. The summed E-state index contributed by atoms with van der Waals surface area (Å²) in [6.45, 7) is 11.3. The number of nitrogens with zero attached hydrogens (tertiary/aromatic N) is 2. The predicted octanol–water partition coefficient (Wildman–Crippen LogP) is 2.08. The van der Waals surface area contributed by atoms with Crippen molar-refractivity contribution in [3.05, 3.63) is 0 Å². The van der Waals surface area contributed by atoms with E-state index >= 15 is 0 Å². The molecule has 0 N–H and O–H groups in total. The average Bonchev–Trinajstić information content (AvgIpc) is 2.84. The maximum Gasteiger partial charge on any atom is 0.410 e. The van der Waals surface area contributed by atoms with Crippen molar-refractivity contribution in [3.8, 4) is 0 Å². The fraction of sp³-hybridized carbons (Fsp3) is 0.929. The van der Waals surface area contributed by atoms with Crippen molar-refractivity contribution in [2.75, 3.05) is 45.6 Å². The third-order valence-electron chi connectivity index (χ3n) is 3.82. The summed E-state index contributed by atoms with van der Waals surface area (Å²) in [4.78, 5) is 16.4. The summed E-state index contributed by atoms with van der Waals surface area (Å²) in [5.41, 5.74) is -0.407. The normalized spacial score (nSPS) is 26.9. The van der Waals surface area contributed by atoms with E-state index in [4.69, 9.17) is 8.92 Å². The lowest BCUT2D eigenvalue weighted by Gasteiger charge is -2.25. The largest absolute Gasteiger partial charge is 0.444 e. The molecule has 0 radical (unpaired) electrons. The maximum atomic E-state index is 12.1.